The monoisotopic (exact) mass is 487 g/mol. The van der Waals surface area contributed by atoms with E-state index in [9.17, 15) is 5.11 Å². The molecule has 0 spiro atoms. The third kappa shape index (κ3) is 5.01. The summed E-state index contributed by atoms with van der Waals surface area (Å²) < 4.78 is 11.0. The van der Waals surface area contributed by atoms with E-state index < -0.39 is 0 Å². The van der Waals surface area contributed by atoms with Gasteiger partial charge in [-0.3, -0.25) is 4.90 Å². The lowest BCUT2D eigenvalue weighted by Crippen LogP contribution is -2.31. The van der Waals surface area contributed by atoms with Crippen molar-refractivity contribution in [2.24, 2.45) is 4.99 Å². The van der Waals surface area contributed by atoms with Gasteiger partial charge in [0.05, 0.1) is 36.7 Å². The zero-order valence-electron chi connectivity index (χ0n) is 20.0. The van der Waals surface area contributed by atoms with Gasteiger partial charge in [-0.1, -0.05) is 42.5 Å². The minimum atomic E-state index is 0.0532. The van der Waals surface area contributed by atoms with Crippen LogP contribution in [0, 0.1) is 0 Å². The Balaban J connectivity index is 1.56. The number of hydrogen-bond acceptors (Lipinski definition) is 6. The van der Waals surface area contributed by atoms with Gasteiger partial charge in [0.1, 0.15) is 0 Å². The summed E-state index contributed by atoms with van der Waals surface area (Å²) in [6, 6.07) is 22.0. The van der Waals surface area contributed by atoms with Crippen LogP contribution in [0.1, 0.15) is 16.7 Å². The van der Waals surface area contributed by atoms with Crippen LogP contribution in [-0.4, -0.2) is 59.5 Å². The van der Waals surface area contributed by atoms with Crippen LogP contribution in [0.3, 0.4) is 0 Å². The van der Waals surface area contributed by atoms with Crippen molar-refractivity contribution in [2.75, 3.05) is 38.8 Å². The predicted octanol–water partition coefficient (Wildman–Crippen LogP) is 5.61. The second kappa shape index (κ2) is 10.5. The van der Waals surface area contributed by atoms with Gasteiger partial charge < -0.3 is 19.6 Å². The van der Waals surface area contributed by atoms with Gasteiger partial charge in [0.25, 0.3) is 0 Å². The van der Waals surface area contributed by atoms with Crippen molar-refractivity contribution in [3.8, 4) is 17.4 Å². The van der Waals surface area contributed by atoms with Gasteiger partial charge in [-0.25, -0.2) is 4.99 Å². The molecule has 0 bridgehead atoms. The summed E-state index contributed by atoms with van der Waals surface area (Å²) in [7, 11) is 3.20. The van der Waals surface area contributed by atoms with E-state index in [0.717, 1.165) is 41.8 Å². The van der Waals surface area contributed by atoms with E-state index in [4.69, 9.17) is 14.5 Å². The molecule has 0 saturated carbocycles. The number of benzene rings is 3. The largest absolute Gasteiger partial charge is 0.494 e. The highest BCUT2D eigenvalue weighted by Gasteiger charge is 2.21. The van der Waals surface area contributed by atoms with E-state index in [-0.39, 0.29) is 5.88 Å². The lowest BCUT2D eigenvalue weighted by atomic mass is 10.0. The Morgan fingerprint density at radius 3 is 2.34 bits per heavy atom. The molecular formula is C28H29N3O3S. The minimum Gasteiger partial charge on any atom is -0.494 e. The quantitative estimate of drug-likeness (QED) is 0.332. The molecule has 35 heavy (non-hydrogen) atoms. The molecule has 180 valence electrons. The molecule has 0 amide bonds. The van der Waals surface area contributed by atoms with E-state index in [0.29, 0.717) is 22.8 Å². The molecule has 0 atom stereocenters. The van der Waals surface area contributed by atoms with Crippen molar-refractivity contribution in [3.05, 3.63) is 83.4 Å². The van der Waals surface area contributed by atoms with Crippen LogP contribution >= 0.6 is 11.8 Å². The maximum absolute atomic E-state index is 11.0. The Bertz CT molecular complexity index is 1330. The molecule has 1 saturated heterocycles. The number of hydrogen-bond donors (Lipinski definition) is 2. The van der Waals surface area contributed by atoms with Crippen LogP contribution in [0.5, 0.6) is 17.4 Å². The lowest BCUT2D eigenvalue weighted by Gasteiger charge is -2.26. The maximum atomic E-state index is 11.0. The maximum Gasteiger partial charge on any atom is 0.199 e. The number of aliphatic imine (C=N–C) groups is 1. The van der Waals surface area contributed by atoms with Crippen LogP contribution in [0.15, 0.2) is 71.7 Å². The van der Waals surface area contributed by atoms with Gasteiger partial charge in [-0.2, -0.15) is 11.8 Å². The highest BCUT2D eigenvalue weighted by Crippen LogP contribution is 2.38. The molecule has 1 aliphatic rings. The number of thioether (sulfide) groups is 1. The number of aromatic amines is 1. The fraction of sp³-hybridized carbons (Fsp3) is 0.250. The molecule has 0 unspecified atom stereocenters. The van der Waals surface area contributed by atoms with Gasteiger partial charge in [-0.15, -0.1) is 0 Å². The number of aromatic nitrogens is 1. The molecule has 6 nitrogen and oxygen atoms in total. The average Bonchev–Trinajstić information content (AvgIpc) is 3.22. The van der Waals surface area contributed by atoms with Crippen molar-refractivity contribution in [2.45, 2.75) is 6.54 Å². The smallest absolute Gasteiger partial charge is 0.199 e. The summed E-state index contributed by atoms with van der Waals surface area (Å²) >= 11 is 2.02. The molecule has 1 fully saturated rings. The predicted molar refractivity (Wildman–Crippen MR) is 144 cm³/mol. The number of nitrogens with one attached hydrogen (secondary N) is 1. The van der Waals surface area contributed by atoms with E-state index in [2.05, 4.69) is 22.0 Å². The summed E-state index contributed by atoms with van der Waals surface area (Å²) in [5.41, 5.74) is 5.08. The molecule has 0 radical (unpaired) electrons. The fourth-order valence-electron chi connectivity index (χ4n) is 4.43. The number of ether oxygens (including phenoxy) is 2. The Morgan fingerprint density at radius 2 is 1.66 bits per heavy atom. The number of methoxy groups -OCH3 is 2. The van der Waals surface area contributed by atoms with E-state index in [1.54, 1.807) is 14.2 Å². The third-order valence-electron chi connectivity index (χ3n) is 6.25. The first-order valence-electron chi connectivity index (χ1n) is 11.7. The highest BCUT2D eigenvalue weighted by molar-refractivity contribution is 7.99. The standard InChI is InChI=1S/C28H29N3O3S/c1-33-24-16-22-23(17-25(24)34-2)30-28(32)26(22)27(20-6-4-3-5-7-20)29-21-10-8-19(9-11-21)18-31-12-14-35-15-13-31/h3-11,16-17,30,32H,12-15,18H2,1-2H3. The van der Waals surface area contributed by atoms with Gasteiger partial charge >= 0.3 is 0 Å². The summed E-state index contributed by atoms with van der Waals surface area (Å²) in [6.07, 6.45) is 0. The number of rotatable bonds is 7. The van der Waals surface area contributed by atoms with Crippen molar-refractivity contribution in [1.82, 2.24) is 9.88 Å². The van der Waals surface area contributed by atoms with Gasteiger partial charge in [-0.05, 0) is 23.8 Å². The zero-order valence-corrected chi connectivity index (χ0v) is 20.8. The number of nitrogens with zero attached hydrogens (tertiary/aromatic N) is 2. The molecule has 1 aromatic heterocycles. The second-order valence-electron chi connectivity index (χ2n) is 8.48. The first-order chi connectivity index (χ1) is 17.2. The summed E-state index contributed by atoms with van der Waals surface area (Å²) in [4.78, 5) is 10.6. The van der Waals surface area contributed by atoms with Crippen LogP contribution in [0.25, 0.3) is 10.9 Å². The van der Waals surface area contributed by atoms with Gasteiger partial charge in [0, 0.05) is 48.2 Å². The molecule has 2 heterocycles. The molecule has 1 aliphatic heterocycles. The average molecular weight is 488 g/mol. The van der Waals surface area contributed by atoms with Crippen molar-refractivity contribution in [1.29, 1.82) is 0 Å². The summed E-state index contributed by atoms with van der Waals surface area (Å²) in [6.45, 7) is 3.23. The summed E-state index contributed by atoms with van der Waals surface area (Å²) in [5, 5.41) is 11.8. The Hall–Kier alpha value is -3.42. The number of fused-ring (bicyclic) bond motifs is 1. The zero-order chi connectivity index (χ0) is 24.2. The van der Waals surface area contributed by atoms with Crippen molar-refractivity contribution < 1.29 is 14.6 Å². The fourth-order valence-corrected chi connectivity index (χ4v) is 5.41. The van der Waals surface area contributed by atoms with Crippen LogP contribution in [0.2, 0.25) is 0 Å². The van der Waals surface area contributed by atoms with Crippen molar-refractivity contribution in [3.63, 3.8) is 0 Å². The number of H-pyrrole nitrogens is 1. The van der Waals surface area contributed by atoms with Gasteiger partial charge in [0.2, 0.25) is 0 Å². The molecule has 3 aromatic carbocycles. The molecule has 0 aliphatic carbocycles. The molecular weight excluding hydrogens is 458 g/mol. The highest BCUT2D eigenvalue weighted by atomic mass is 32.2. The SMILES string of the molecule is COc1cc2[nH]c(O)c(C(=Nc3ccc(CN4CCSCC4)cc3)c3ccccc3)c2cc1OC. The van der Waals surface area contributed by atoms with Crippen LogP contribution in [-0.2, 0) is 6.54 Å². The molecule has 7 heteroatoms. The minimum absolute atomic E-state index is 0.0532. The topological polar surface area (TPSA) is 70.1 Å². The molecule has 2 N–H and O–H groups in total. The van der Waals surface area contributed by atoms with Crippen LogP contribution < -0.4 is 9.47 Å². The van der Waals surface area contributed by atoms with Gasteiger partial charge in [0.15, 0.2) is 17.4 Å². The van der Waals surface area contributed by atoms with Crippen LogP contribution in [0.4, 0.5) is 5.69 Å². The first kappa shape index (κ1) is 23.3. The van der Waals surface area contributed by atoms with Crippen molar-refractivity contribution >= 4 is 34.1 Å². The van der Waals surface area contributed by atoms with E-state index in [1.165, 1.54) is 17.1 Å². The van der Waals surface area contributed by atoms with E-state index in [1.807, 2.05) is 66.4 Å². The Morgan fingerprint density at radius 1 is 0.971 bits per heavy atom. The molecule has 5 rings (SSSR count). The Kier molecular flexibility index (Phi) is 6.97. The molecule has 4 aromatic rings. The Labute approximate surface area is 209 Å². The second-order valence-corrected chi connectivity index (χ2v) is 9.71. The third-order valence-corrected chi connectivity index (χ3v) is 7.20. The summed E-state index contributed by atoms with van der Waals surface area (Å²) in [5.74, 6) is 3.64. The normalized spacial score (nSPS) is 14.9. The number of aromatic hydroxyl groups is 1. The first-order valence-corrected chi connectivity index (χ1v) is 12.8. The lowest BCUT2D eigenvalue weighted by molar-refractivity contribution is 0.294. The van der Waals surface area contributed by atoms with E-state index >= 15 is 0 Å².